The first kappa shape index (κ1) is 9.26. The van der Waals surface area contributed by atoms with Gasteiger partial charge in [0.05, 0.1) is 6.10 Å². The average molecular weight is 169 g/mol. The second-order valence-corrected chi connectivity index (χ2v) is 3.14. The van der Waals surface area contributed by atoms with Gasteiger partial charge in [-0.1, -0.05) is 6.08 Å². The van der Waals surface area contributed by atoms with Crippen molar-refractivity contribution in [2.24, 2.45) is 0 Å². The molecule has 0 saturated heterocycles. The predicted octanol–water partition coefficient (Wildman–Crippen LogP) is 0.858. The molecule has 3 nitrogen and oxygen atoms in total. The summed E-state index contributed by atoms with van der Waals surface area (Å²) in [5, 5.41) is 3.14. The maximum atomic E-state index is 11.3. The van der Waals surface area contributed by atoms with Gasteiger partial charge >= 0.3 is 5.97 Å². The van der Waals surface area contributed by atoms with E-state index in [0.717, 1.165) is 25.1 Å². The Kier molecular flexibility index (Phi) is 3.29. The Morgan fingerprint density at radius 2 is 2.42 bits per heavy atom. The van der Waals surface area contributed by atoms with Crippen LogP contribution in [0.25, 0.3) is 0 Å². The first-order valence-corrected chi connectivity index (χ1v) is 4.31. The smallest absolute Gasteiger partial charge is 0.334 e. The van der Waals surface area contributed by atoms with Crippen LogP contribution in [0.15, 0.2) is 11.6 Å². The van der Waals surface area contributed by atoms with Crippen molar-refractivity contribution in [3.8, 4) is 0 Å². The summed E-state index contributed by atoms with van der Waals surface area (Å²) in [6.45, 7) is 5.38. The summed E-state index contributed by atoms with van der Waals surface area (Å²) in [5.41, 5.74) is 0.808. The highest BCUT2D eigenvalue weighted by atomic mass is 16.5. The van der Waals surface area contributed by atoms with E-state index in [4.69, 9.17) is 4.74 Å². The molecule has 0 spiro atoms. The van der Waals surface area contributed by atoms with Crippen molar-refractivity contribution >= 4 is 5.97 Å². The summed E-state index contributed by atoms with van der Waals surface area (Å²) >= 11 is 0. The Morgan fingerprint density at radius 1 is 1.67 bits per heavy atom. The molecule has 0 amide bonds. The lowest BCUT2D eigenvalue weighted by Crippen LogP contribution is -2.25. The van der Waals surface area contributed by atoms with Crippen LogP contribution in [0.3, 0.4) is 0 Å². The van der Waals surface area contributed by atoms with Crippen LogP contribution in [0.2, 0.25) is 0 Å². The fraction of sp³-hybridized carbons (Fsp3) is 0.667. The maximum Gasteiger partial charge on any atom is 0.334 e. The van der Waals surface area contributed by atoms with Crippen LogP contribution in [0.1, 0.15) is 20.3 Å². The molecule has 1 aliphatic rings. The van der Waals surface area contributed by atoms with Gasteiger partial charge in [0.2, 0.25) is 0 Å². The van der Waals surface area contributed by atoms with E-state index in [1.165, 1.54) is 0 Å². The third-order valence-electron chi connectivity index (χ3n) is 1.67. The van der Waals surface area contributed by atoms with Crippen molar-refractivity contribution in [3.05, 3.63) is 11.6 Å². The number of hydrogen-bond acceptors (Lipinski definition) is 3. The number of ether oxygens (including phenoxy) is 1. The molecule has 0 saturated carbocycles. The van der Waals surface area contributed by atoms with Crippen molar-refractivity contribution in [3.63, 3.8) is 0 Å². The zero-order valence-electron chi connectivity index (χ0n) is 7.59. The number of carbonyl (C=O) groups is 1. The summed E-state index contributed by atoms with van der Waals surface area (Å²) in [7, 11) is 0. The zero-order valence-corrected chi connectivity index (χ0v) is 7.59. The molecule has 1 heterocycles. The Balaban J connectivity index is 2.45. The second kappa shape index (κ2) is 4.26. The van der Waals surface area contributed by atoms with E-state index in [0.29, 0.717) is 0 Å². The molecule has 1 aliphatic heterocycles. The molecule has 0 aromatic rings. The van der Waals surface area contributed by atoms with E-state index in [1.807, 2.05) is 19.9 Å². The molecular formula is C9H15NO2. The first-order chi connectivity index (χ1) is 5.70. The number of carbonyl (C=O) groups excluding carboxylic acids is 1. The molecule has 12 heavy (non-hydrogen) atoms. The SMILES string of the molecule is CC(C)OC(=O)C1=CCNCC1. The maximum absolute atomic E-state index is 11.3. The van der Waals surface area contributed by atoms with Gasteiger partial charge in [0.15, 0.2) is 0 Å². The fourth-order valence-electron chi connectivity index (χ4n) is 1.10. The molecule has 0 radical (unpaired) electrons. The number of rotatable bonds is 2. The van der Waals surface area contributed by atoms with Crippen LogP contribution in [-0.2, 0) is 9.53 Å². The molecule has 0 bridgehead atoms. The van der Waals surface area contributed by atoms with Gasteiger partial charge < -0.3 is 10.1 Å². The summed E-state index contributed by atoms with van der Waals surface area (Å²) in [6.07, 6.45) is 2.66. The van der Waals surface area contributed by atoms with Crippen LogP contribution < -0.4 is 5.32 Å². The van der Waals surface area contributed by atoms with Crippen LogP contribution >= 0.6 is 0 Å². The topological polar surface area (TPSA) is 38.3 Å². The lowest BCUT2D eigenvalue weighted by Gasteiger charge is -2.14. The van der Waals surface area contributed by atoms with Crippen molar-refractivity contribution in [2.45, 2.75) is 26.4 Å². The molecular weight excluding hydrogens is 154 g/mol. The molecule has 0 aromatic heterocycles. The van der Waals surface area contributed by atoms with Gasteiger partial charge in [-0.3, -0.25) is 0 Å². The van der Waals surface area contributed by atoms with Crippen molar-refractivity contribution in [1.29, 1.82) is 0 Å². The van der Waals surface area contributed by atoms with Crippen LogP contribution in [-0.4, -0.2) is 25.2 Å². The Hall–Kier alpha value is -0.830. The van der Waals surface area contributed by atoms with Crippen molar-refractivity contribution in [2.75, 3.05) is 13.1 Å². The van der Waals surface area contributed by atoms with Gasteiger partial charge in [0.1, 0.15) is 0 Å². The largest absolute Gasteiger partial charge is 0.460 e. The van der Waals surface area contributed by atoms with Crippen LogP contribution in [0.5, 0.6) is 0 Å². The van der Waals surface area contributed by atoms with Gasteiger partial charge in [-0.2, -0.15) is 0 Å². The second-order valence-electron chi connectivity index (χ2n) is 3.14. The lowest BCUT2D eigenvalue weighted by molar-refractivity contribution is -0.142. The highest BCUT2D eigenvalue weighted by molar-refractivity contribution is 5.88. The highest BCUT2D eigenvalue weighted by Crippen LogP contribution is 2.07. The van der Waals surface area contributed by atoms with Gasteiger partial charge in [-0.05, 0) is 26.8 Å². The molecule has 1 rings (SSSR count). The minimum Gasteiger partial charge on any atom is -0.460 e. The molecule has 68 valence electrons. The molecule has 0 unspecified atom stereocenters. The van der Waals surface area contributed by atoms with Gasteiger partial charge in [0, 0.05) is 12.1 Å². The monoisotopic (exact) mass is 169 g/mol. The summed E-state index contributed by atoms with van der Waals surface area (Å²) < 4.78 is 5.05. The van der Waals surface area contributed by atoms with E-state index in [-0.39, 0.29) is 12.1 Å². The number of nitrogens with one attached hydrogen (secondary N) is 1. The highest BCUT2D eigenvalue weighted by Gasteiger charge is 2.13. The predicted molar refractivity (Wildman–Crippen MR) is 46.8 cm³/mol. The molecule has 1 N–H and O–H groups in total. The summed E-state index contributed by atoms with van der Waals surface area (Å²) in [6, 6.07) is 0. The van der Waals surface area contributed by atoms with Gasteiger partial charge in [0.25, 0.3) is 0 Å². The van der Waals surface area contributed by atoms with Crippen LogP contribution in [0, 0.1) is 0 Å². The van der Waals surface area contributed by atoms with Crippen molar-refractivity contribution < 1.29 is 9.53 Å². The third-order valence-corrected chi connectivity index (χ3v) is 1.67. The standard InChI is InChI=1S/C9H15NO2/c1-7(2)12-9(11)8-3-5-10-6-4-8/h3,7,10H,4-6H2,1-2H3. The number of esters is 1. The van der Waals surface area contributed by atoms with E-state index < -0.39 is 0 Å². The molecule has 0 fully saturated rings. The minimum absolute atomic E-state index is 0.0201. The quantitative estimate of drug-likeness (QED) is 0.623. The van der Waals surface area contributed by atoms with Gasteiger partial charge in [-0.15, -0.1) is 0 Å². The van der Waals surface area contributed by atoms with Crippen molar-refractivity contribution in [1.82, 2.24) is 5.32 Å². The zero-order chi connectivity index (χ0) is 8.97. The average Bonchev–Trinajstić information content (AvgIpc) is 2.05. The normalized spacial score (nSPS) is 17.4. The Bertz CT molecular complexity index is 197. The first-order valence-electron chi connectivity index (χ1n) is 4.31. The Morgan fingerprint density at radius 3 is 2.92 bits per heavy atom. The van der Waals surface area contributed by atoms with Gasteiger partial charge in [-0.25, -0.2) is 4.79 Å². The molecule has 0 atom stereocenters. The minimum atomic E-state index is -0.161. The summed E-state index contributed by atoms with van der Waals surface area (Å²) in [5.74, 6) is -0.161. The third kappa shape index (κ3) is 2.66. The molecule has 0 aromatic carbocycles. The lowest BCUT2D eigenvalue weighted by atomic mass is 10.1. The van der Waals surface area contributed by atoms with E-state index in [2.05, 4.69) is 5.32 Å². The van der Waals surface area contributed by atoms with E-state index >= 15 is 0 Å². The van der Waals surface area contributed by atoms with Crippen LogP contribution in [0.4, 0.5) is 0 Å². The van der Waals surface area contributed by atoms with E-state index in [1.54, 1.807) is 0 Å². The molecule has 3 heteroatoms. The fourth-order valence-corrected chi connectivity index (χ4v) is 1.10. The number of hydrogen-bond donors (Lipinski definition) is 1. The van der Waals surface area contributed by atoms with E-state index in [9.17, 15) is 4.79 Å². The Labute approximate surface area is 72.8 Å². The summed E-state index contributed by atoms with van der Waals surface area (Å²) in [4.78, 5) is 11.3. The molecule has 0 aliphatic carbocycles.